The molecule has 0 saturated heterocycles. The Labute approximate surface area is 164 Å². The number of esters is 1. The number of ether oxygens (including phenoxy) is 1. The third-order valence-corrected chi connectivity index (χ3v) is 4.92. The smallest absolute Gasteiger partial charge is 0.337 e. The monoisotopic (exact) mass is 382 g/mol. The van der Waals surface area contributed by atoms with Gasteiger partial charge in [-0.25, -0.2) is 9.79 Å². The van der Waals surface area contributed by atoms with Crippen molar-refractivity contribution in [2.45, 2.75) is 37.8 Å². The molecule has 0 spiro atoms. The fraction of sp³-hybridized carbons (Fsp3) is 0.333. The summed E-state index contributed by atoms with van der Waals surface area (Å²) < 4.78 is 6.66. The molecule has 1 aromatic carbocycles. The van der Waals surface area contributed by atoms with Gasteiger partial charge in [-0.2, -0.15) is 0 Å². The normalized spacial score (nSPS) is 20.4. The minimum absolute atomic E-state index is 0.202. The van der Waals surface area contributed by atoms with Gasteiger partial charge in [-0.05, 0) is 62.2 Å². The molecule has 2 aromatic rings. The maximum absolute atomic E-state index is 11.7. The molecule has 28 heavy (non-hydrogen) atoms. The van der Waals surface area contributed by atoms with Crippen LogP contribution in [0.4, 0.5) is 0 Å². The van der Waals surface area contributed by atoms with Crippen LogP contribution in [-0.4, -0.2) is 40.7 Å². The predicted molar refractivity (Wildman–Crippen MR) is 110 cm³/mol. The Morgan fingerprint density at radius 2 is 2.11 bits per heavy atom. The first-order chi connectivity index (χ1) is 13.5. The number of hydrogen-bond donors (Lipinski definition) is 3. The lowest BCUT2D eigenvalue weighted by molar-refractivity contribution is 0.0601. The summed E-state index contributed by atoms with van der Waals surface area (Å²) in [6.07, 6.45) is 8.15. The summed E-state index contributed by atoms with van der Waals surface area (Å²) >= 11 is 0. The van der Waals surface area contributed by atoms with Crippen LogP contribution in [0.2, 0.25) is 0 Å². The molecule has 0 radical (unpaired) electrons. The number of nitrogens with two attached hydrogens (primary N) is 1. The molecule has 1 aliphatic carbocycles. The second kappa shape index (κ2) is 8.75. The highest BCUT2D eigenvalue weighted by Gasteiger charge is 2.19. The van der Waals surface area contributed by atoms with E-state index in [1.54, 1.807) is 18.2 Å². The second-order valence-electron chi connectivity index (χ2n) is 6.88. The minimum atomic E-state index is -0.374. The Balaban J connectivity index is 1.84. The molecule has 4 N–H and O–H groups in total. The number of hydrogen-bond acceptors (Lipinski definition) is 6. The van der Waals surface area contributed by atoms with Crippen LogP contribution in [-0.2, 0) is 4.74 Å². The maximum atomic E-state index is 11.7. The van der Waals surface area contributed by atoms with Crippen molar-refractivity contribution in [3.8, 4) is 0 Å². The molecule has 1 heterocycles. The van der Waals surface area contributed by atoms with Crippen molar-refractivity contribution in [3.05, 3.63) is 60.7 Å². The van der Waals surface area contributed by atoms with E-state index >= 15 is 0 Å². The summed E-state index contributed by atoms with van der Waals surface area (Å²) in [4.78, 5) is 16.3. The molecule has 0 bridgehead atoms. The van der Waals surface area contributed by atoms with Crippen molar-refractivity contribution < 1.29 is 14.6 Å². The third-order valence-electron chi connectivity index (χ3n) is 4.92. The number of nitrogens with zero attached hydrogens (tertiary/aromatic N) is 2. The van der Waals surface area contributed by atoms with Gasteiger partial charge >= 0.3 is 5.97 Å². The van der Waals surface area contributed by atoms with Crippen LogP contribution in [0.1, 0.15) is 36.0 Å². The van der Waals surface area contributed by atoms with Crippen molar-refractivity contribution in [1.29, 1.82) is 0 Å². The lowest BCUT2D eigenvalue weighted by atomic mass is 9.93. The minimum Gasteiger partial charge on any atom is -0.465 e. The van der Waals surface area contributed by atoms with Crippen molar-refractivity contribution in [2.24, 2.45) is 10.7 Å². The summed E-state index contributed by atoms with van der Waals surface area (Å²) in [6.45, 7) is 4.02. The van der Waals surface area contributed by atoms with Crippen LogP contribution < -0.4 is 11.1 Å². The molecule has 0 unspecified atom stereocenters. The summed E-state index contributed by atoms with van der Waals surface area (Å²) in [5, 5.41) is 13.9. The number of nitrogens with one attached hydrogen (secondary N) is 1. The molecular weight excluding hydrogens is 356 g/mol. The average Bonchev–Trinajstić information content (AvgIpc) is 3.12. The summed E-state index contributed by atoms with van der Waals surface area (Å²) in [5.74, 6) is 0.778. The van der Waals surface area contributed by atoms with Crippen molar-refractivity contribution in [1.82, 2.24) is 9.88 Å². The zero-order valence-corrected chi connectivity index (χ0v) is 16.0. The van der Waals surface area contributed by atoms with Gasteiger partial charge in [-0.1, -0.05) is 6.58 Å². The predicted octanol–water partition coefficient (Wildman–Crippen LogP) is 2.51. The molecule has 1 aliphatic rings. The van der Waals surface area contributed by atoms with E-state index in [0.29, 0.717) is 17.2 Å². The molecular formula is C21H26N4O3. The van der Waals surface area contributed by atoms with Gasteiger partial charge in [0.05, 0.1) is 24.3 Å². The number of fused-ring (bicyclic) bond motifs is 1. The van der Waals surface area contributed by atoms with Crippen LogP contribution in [0, 0.1) is 0 Å². The zero-order valence-electron chi connectivity index (χ0n) is 16.0. The molecule has 1 fully saturated rings. The van der Waals surface area contributed by atoms with Gasteiger partial charge in [0.1, 0.15) is 11.7 Å². The quantitative estimate of drug-likeness (QED) is 0.419. The number of aromatic nitrogens is 1. The summed E-state index contributed by atoms with van der Waals surface area (Å²) in [7, 11) is 1.36. The first-order valence-electron chi connectivity index (χ1n) is 9.32. The fourth-order valence-corrected chi connectivity index (χ4v) is 3.47. The van der Waals surface area contributed by atoms with E-state index in [-0.39, 0.29) is 18.1 Å². The van der Waals surface area contributed by atoms with Gasteiger partial charge in [0.25, 0.3) is 0 Å². The molecule has 0 atom stereocenters. The molecule has 0 amide bonds. The van der Waals surface area contributed by atoms with Crippen molar-refractivity contribution in [3.63, 3.8) is 0 Å². The lowest BCUT2D eigenvalue weighted by Gasteiger charge is -2.26. The van der Waals surface area contributed by atoms with Gasteiger partial charge in [0, 0.05) is 17.6 Å². The number of aliphatic hydroxyl groups excluding tert-OH is 1. The number of allylic oxidation sites excluding steroid dienone is 1. The molecule has 1 saturated carbocycles. The van der Waals surface area contributed by atoms with E-state index in [1.165, 1.54) is 13.3 Å². The van der Waals surface area contributed by atoms with E-state index in [4.69, 9.17) is 10.5 Å². The van der Waals surface area contributed by atoms with Gasteiger partial charge in [0.15, 0.2) is 0 Å². The second-order valence-corrected chi connectivity index (χ2v) is 6.88. The van der Waals surface area contributed by atoms with Crippen molar-refractivity contribution >= 4 is 22.7 Å². The fourth-order valence-electron chi connectivity index (χ4n) is 3.47. The van der Waals surface area contributed by atoms with Gasteiger partial charge in [-0.15, -0.1) is 0 Å². The van der Waals surface area contributed by atoms with Crippen molar-refractivity contribution in [2.75, 3.05) is 7.11 Å². The van der Waals surface area contributed by atoms with Crippen LogP contribution in [0.15, 0.2) is 60.1 Å². The highest BCUT2D eigenvalue weighted by Crippen LogP contribution is 2.21. The highest BCUT2D eigenvalue weighted by atomic mass is 16.5. The standard InChI is InChI=1S/C21H26N4O3/c1-14(23-17-4-6-18(26)7-5-17)24-20(9-11-22)25-12-10-15-13-16(21(27)28-2)3-8-19(15)25/h3,8-13,17-18,23,26H,1,4-7,22H2,2H3/b11-9-,24-20?. The first-order valence-corrected chi connectivity index (χ1v) is 9.32. The Hall–Kier alpha value is -3.06. The molecule has 7 nitrogen and oxygen atoms in total. The zero-order chi connectivity index (χ0) is 20.1. The van der Waals surface area contributed by atoms with Gasteiger partial charge in [0.2, 0.25) is 0 Å². The number of aliphatic imine (C=N–C) groups is 1. The van der Waals surface area contributed by atoms with Gasteiger partial charge < -0.3 is 25.5 Å². The summed E-state index contributed by atoms with van der Waals surface area (Å²) in [5.41, 5.74) is 7.00. The number of carbonyl (C=O) groups excluding carboxylic acids is 1. The Kier molecular flexibility index (Phi) is 6.16. The third kappa shape index (κ3) is 4.43. The Morgan fingerprint density at radius 3 is 2.79 bits per heavy atom. The molecule has 7 heteroatoms. The van der Waals surface area contributed by atoms with E-state index in [0.717, 1.165) is 36.6 Å². The van der Waals surface area contributed by atoms with Crippen LogP contribution in [0.25, 0.3) is 10.9 Å². The Morgan fingerprint density at radius 1 is 1.36 bits per heavy atom. The average molecular weight is 382 g/mol. The summed E-state index contributed by atoms with van der Waals surface area (Å²) in [6, 6.07) is 7.50. The van der Waals surface area contributed by atoms with Gasteiger partial charge in [-0.3, -0.25) is 0 Å². The number of benzene rings is 1. The first kappa shape index (κ1) is 19.7. The number of methoxy groups -OCH3 is 1. The van der Waals surface area contributed by atoms with Crippen LogP contribution in [0.3, 0.4) is 0 Å². The molecule has 0 aliphatic heterocycles. The maximum Gasteiger partial charge on any atom is 0.337 e. The van der Waals surface area contributed by atoms with E-state index in [2.05, 4.69) is 16.9 Å². The lowest BCUT2D eigenvalue weighted by Crippen LogP contribution is -2.33. The molecule has 3 rings (SSSR count). The number of carbonyl (C=O) groups is 1. The van der Waals surface area contributed by atoms with E-state index < -0.39 is 0 Å². The SMILES string of the molecule is C=C(N=C(/C=C\N)n1ccc2cc(C(=O)OC)ccc21)NC1CCC(O)CC1. The van der Waals surface area contributed by atoms with Crippen LogP contribution in [0.5, 0.6) is 0 Å². The van der Waals surface area contributed by atoms with E-state index in [9.17, 15) is 9.90 Å². The van der Waals surface area contributed by atoms with E-state index in [1.807, 2.05) is 22.9 Å². The largest absolute Gasteiger partial charge is 0.465 e. The molecule has 1 aromatic heterocycles. The number of aliphatic hydroxyl groups is 1. The Bertz CT molecular complexity index is 921. The van der Waals surface area contributed by atoms with Crippen LogP contribution >= 0.6 is 0 Å². The topological polar surface area (TPSA) is 102 Å². The molecule has 148 valence electrons. The highest BCUT2D eigenvalue weighted by molar-refractivity contribution is 6.03. The number of rotatable bonds is 5.